The van der Waals surface area contributed by atoms with Crippen molar-refractivity contribution in [2.75, 3.05) is 7.11 Å². The summed E-state index contributed by atoms with van der Waals surface area (Å²) < 4.78 is 5.20. The molecule has 0 atom stereocenters. The number of benzene rings is 1. The van der Waals surface area contributed by atoms with E-state index in [9.17, 15) is 4.79 Å². The first kappa shape index (κ1) is 12.3. The first-order valence-electron chi connectivity index (χ1n) is 6.18. The number of carbonyl (C=O) groups excluding carboxylic acids is 1. The number of hydrogen-bond donors (Lipinski definition) is 0. The quantitative estimate of drug-likeness (QED) is 0.682. The van der Waals surface area contributed by atoms with Crippen LogP contribution >= 0.6 is 0 Å². The van der Waals surface area contributed by atoms with Crippen LogP contribution in [0.1, 0.15) is 16.1 Å². The fourth-order valence-corrected chi connectivity index (χ4v) is 2.14. The molecule has 20 heavy (non-hydrogen) atoms. The standard InChI is InChI=1S/C16H12N2O2/c1-20-13-8-4-10-18-15(13)16(19)12-7-2-5-11-6-3-9-17-14(11)12/h2-10H,1H3. The lowest BCUT2D eigenvalue weighted by molar-refractivity contribution is 0.103. The summed E-state index contributed by atoms with van der Waals surface area (Å²) in [5.74, 6) is 0.275. The SMILES string of the molecule is COc1cccnc1C(=O)c1cccc2cccnc12. The van der Waals surface area contributed by atoms with E-state index in [1.807, 2.05) is 24.3 Å². The molecule has 0 saturated heterocycles. The van der Waals surface area contributed by atoms with Crippen molar-refractivity contribution < 1.29 is 9.53 Å². The van der Waals surface area contributed by atoms with E-state index in [2.05, 4.69) is 9.97 Å². The molecule has 0 spiro atoms. The number of hydrogen-bond acceptors (Lipinski definition) is 4. The van der Waals surface area contributed by atoms with Crippen LogP contribution in [0.3, 0.4) is 0 Å². The average Bonchev–Trinajstić information content (AvgIpc) is 2.53. The predicted molar refractivity (Wildman–Crippen MR) is 76.0 cm³/mol. The Balaban J connectivity index is 2.18. The highest BCUT2D eigenvalue weighted by Crippen LogP contribution is 2.23. The molecule has 4 heteroatoms. The van der Waals surface area contributed by atoms with Crippen molar-refractivity contribution in [2.24, 2.45) is 0 Å². The van der Waals surface area contributed by atoms with Gasteiger partial charge in [-0.05, 0) is 24.3 Å². The molecular weight excluding hydrogens is 252 g/mol. The van der Waals surface area contributed by atoms with Crippen molar-refractivity contribution in [1.29, 1.82) is 0 Å². The van der Waals surface area contributed by atoms with Crippen LogP contribution in [0.4, 0.5) is 0 Å². The van der Waals surface area contributed by atoms with E-state index in [0.717, 1.165) is 5.39 Å². The molecule has 3 aromatic rings. The van der Waals surface area contributed by atoms with Gasteiger partial charge in [-0.15, -0.1) is 0 Å². The van der Waals surface area contributed by atoms with Crippen molar-refractivity contribution >= 4 is 16.7 Å². The predicted octanol–water partition coefficient (Wildman–Crippen LogP) is 2.87. The maximum atomic E-state index is 12.7. The van der Waals surface area contributed by atoms with Gasteiger partial charge >= 0.3 is 0 Å². The Hall–Kier alpha value is -2.75. The third-order valence-electron chi connectivity index (χ3n) is 3.08. The van der Waals surface area contributed by atoms with Crippen LogP contribution in [-0.2, 0) is 0 Å². The van der Waals surface area contributed by atoms with Crippen LogP contribution in [0.25, 0.3) is 10.9 Å². The molecule has 0 amide bonds. The molecule has 0 fully saturated rings. The number of ether oxygens (including phenoxy) is 1. The molecule has 0 saturated carbocycles. The number of methoxy groups -OCH3 is 1. The molecule has 3 rings (SSSR count). The summed E-state index contributed by atoms with van der Waals surface area (Å²) in [7, 11) is 1.52. The van der Waals surface area contributed by atoms with Crippen LogP contribution in [0, 0.1) is 0 Å². The van der Waals surface area contributed by atoms with Gasteiger partial charge in [0.2, 0.25) is 5.78 Å². The molecule has 1 aromatic carbocycles. The number of aromatic nitrogens is 2. The molecule has 4 nitrogen and oxygen atoms in total. The van der Waals surface area contributed by atoms with E-state index < -0.39 is 0 Å². The van der Waals surface area contributed by atoms with E-state index >= 15 is 0 Å². The summed E-state index contributed by atoms with van der Waals surface area (Å²) >= 11 is 0. The summed E-state index contributed by atoms with van der Waals surface area (Å²) in [6, 6.07) is 12.7. The van der Waals surface area contributed by atoms with Crippen molar-refractivity contribution in [3.8, 4) is 5.75 Å². The molecule has 0 radical (unpaired) electrons. The Morgan fingerprint density at radius 2 is 1.75 bits per heavy atom. The van der Waals surface area contributed by atoms with Crippen molar-refractivity contribution in [2.45, 2.75) is 0 Å². The summed E-state index contributed by atoms with van der Waals surface area (Å²) in [5.41, 5.74) is 1.50. The third-order valence-corrected chi connectivity index (χ3v) is 3.08. The number of carbonyl (C=O) groups is 1. The first-order chi connectivity index (χ1) is 9.81. The van der Waals surface area contributed by atoms with E-state index in [0.29, 0.717) is 22.5 Å². The monoisotopic (exact) mass is 264 g/mol. The van der Waals surface area contributed by atoms with Gasteiger partial charge in [0.25, 0.3) is 0 Å². The average molecular weight is 264 g/mol. The Kier molecular flexibility index (Phi) is 3.13. The number of rotatable bonds is 3. The van der Waals surface area contributed by atoms with E-state index in [1.54, 1.807) is 30.6 Å². The normalized spacial score (nSPS) is 10.4. The first-order valence-corrected chi connectivity index (χ1v) is 6.18. The zero-order chi connectivity index (χ0) is 13.9. The van der Waals surface area contributed by atoms with Gasteiger partial charge in [0.05, 0.1) is 18.2 Å². The maximum absolute atomic E-state index is 12.7. The second kappa shape index (κ2) is 5.09. The molecule has 0 aliphatic carbocycles. The minimum absolute atomic E-state index is 0.188. The Morgan fingerprint density at radius 1 is 1.00 bits per heavy atom. The zero-order valence-corrected chi connectivity index (χ0v) is 10.9. The molecule has 0 unspecified atom stereocenters. The second-order valence-corrected chi connectivity index (χ2v) is 4.26. The smallest absolute Gasteiger partial charge is 0.217 e. The summed E-state index contributed by atoms with van der Waals surface area (Å²) in [6.45, 7) is 0. The van der Waals surface area contributed by atoms with Gasteiger partial charge in [0.1, 0.15) is 5.75 Å². The summed E-state index contributed by atoms with van der Waals surface area (Å²) in [4.78, 5) is 21.1. The lowest BCUT2D eigenvalue weighted by Crippen LogP contribution is -2.07. The largest absolute Gasteiger partial charge is 0.494 e. The fourth-order valence-electron chi connectivity index (χ4n) is 2.14. The van der Waals surface area contributed by atoms with Crippen molar-refractivity contribution in [3.63, 3.8) is 0 Å². The fraction of sp³-hybridized carbons (Fsp3) is 0.0625. The maximum Gasteiger partial charge on any atom is 0.217 e. The number of fused-ring (bicyclic) bond motifs is 1. The third kappa shape index (κ3) is 2.01. The molecule has 0 N–H and O–H groups in total. The highest BCUT2D eigenvalue weighted by Gasteiger charge is 2.18. The molecule has 0 aliphatic heterocycles. The number of ketones is 1. The van der Waals surface area contributed by atoms with Gasteiger partial charge in [-0.3, -0.25) is 9.78 Å². The van der Waals surface area contributed by atoms with Gasteiger partial charge in [-0.1, -0.05) is 18.2 Å². The zero-order valence-electron chi connectivity index (χ0n) is 10.9. The number of pyridine rings is 2. The molecule has 0 bridgehead atoms. The van der Waals surface area contributed by atoms with Gasteiger partial charge in [0.15, 0.2) is 5.69 Å². The Labute approximate surface area is 116 Å². The lowest BCUT2D eigenvalue weighted by atomic mass is 10.0. The topological polar surface area (TPSA) is 52.1 Å². The molecule has 2 aromatic heterocycles. The van der Waals surface area contributed by atoms with Crippen LogP contribution in [-0.4, -0.2) is 22.9 Å². The molecular formula is C16H12N2O2. The minimum atomic E-state index is -0.188. The highest BCUT2D eigenvalue weighted by atomic mass is 16.5. The van der Waals surface area contributed by atoms with Crippen LogP contribution in [0.5, 0.6) is 5.75 Å². The lowest BCUT2D eigenvalue weighted by Gasteiger charge is -2.07. The van der Waals surface area contributed by atoms with Crippen LogP contribution in [0.15, 0.2) is 54.9 Å². The molecule has 98 valence electrons. The van der Waals surface area contributed by atoms with Crippen LogP contribution in [0.2, 0.25) is 0 Å². The summed E-state index contributed by atoms with van der Waals surface area (Å²) in [5, 5.41) is 0.924. The van der Waals surface area contributed by atoms with E-state index in [1.165, 1.54) is 7.11 Å². The minimum Gasteiger partial charge on any atom is -0.494 e. The molecule has 0 aliphatic rings. The van der Waals surface area contributed by atoms with Gasteiger partial charge in [0, 0.05) is 17.8 Å². The molecule has 2 heterocycles. The Bertz CT molecular complexity index is 779. The van der Waals surface area contributed by atoms with Crippen LogP contribution < -0.4 is 4.74 Å². The number of para-hydroxylation sites is 1. The second-order valence-electron chi connectivity index (χ2n) is 4.26. The summed E-state index contributed by atoms with van der Waals surface area (Å²) in [6.07, 6.45) is 3.25. The van der Waals surface area contributed by atoms with Gasteiger partial charge in [-0.2, -0.15) is 0 Å². The van der Waals surface area contributed by atoms with Gasteiger partial charge < -0.3 is 4.74 Å². The highest BCUT2D eigenvalue weighted by molar-refractivity contribution is 6.15. The number of nitrogens with zero attached hydrogens (tertiary/aromatic N) is 2. The van der Waals surface area contributed by atoms with Gasteiger partial charge in [-0.25, -0.2) is 4.98 Å². The van der Waals surface area contributed by atoms with E-state index in [4.69, 9.17) is 4.74 Å². The van der Waals surface area contributed by atoms with Crippen molar-refractivity contribution in [1.82, 2.24) is 9.97 Å². The van der Waals surface area contributed by atoms with E-state index in [-0.39, 0.29) is 5.78 Å². The van der Waals surface area contributed by atoms with Crippen molar-refractivity contribution in [3.05, 3.63) is 66.1 Å². The Morgan fingerprint density at radius 3 is 2.60 bits per heavy atom.